The Morgan fingerprint density at radius 3 is 2.30 bits per heavy atom. The average Bonchev–Trinajstić information content (AvgIpc) is 2.71. The first-order valence-electron chi connectivity index (χ1n) is 9.11. The summed E-state index contributed by atoms with van der Waals surface area (Å²) < 4.78 is 0. The van der Waals surface area contributed by atoms with Gasteiger partial charge in [0.05, 0.1) is 0 Å². The number of nitrogens with zero attached hydrogens (tertiary/aromatic N) is 1. The van der Waals surface area contributed by atoms with Crippen LogP contribution in [0.4, 0.5) is 0 Å². The van der Waals surface area contributed by atoms with E-state index < -0.39 is 0 Å². The third-order valence-electron chi connectivity index (χ3n) is 6.30. The second-order valence-corrected chi connectivity index (χ2v) is 7.52. The number of hydrogen-bond acceptors (Lipinski definition) is 2. The van der Waals surface area contributed by atoms with Gasteiger partial charge in [0.15, 0.2) is 0 Å². The van der Waals surface area contributed by atoms with Crippen molar-refractivity contribution < 1.29 is 0 Å². The summed E-state index contributed by atoms with van der Waals surface area (Å²) in [5, 5.41) is 0. The highest BCUT2D eigenvalue weighted by atomic mass is 15.2. The van der Waals surface area contributed by atoms with Gasteiger partial charge in [-0.15, -0.1) is 0 Å². The maximum atomic E-state index is 6.26. The largest absolute Gasteiger partial charge is 0.329 e. The lowest BCUT2D eigenvalue weighted by Crippen LogP contribution is -2.53. The zero-order valence-electron chi connectivity index (χ0n) is 13.9. The Kier molecular flexibility index (Phi) is 6.35. The van der Waals surface area contributed by atoms with Gasteiger partial charge in [0.2, 0.25) is 0 Å². The van der Waals surface area contributed by atoms with Crippen LogP contribution in [0.3, 0.4) is 0 Å². The number of hydrogen-bond donors (Lipinski definition) is 1. The molecule has 2 rings (SSSR count). The molecule has 0 aromatic heterocycles. The van der Waals surface area contributed by atoms with E-state index in [1.807, 2.05) is 0 Å². The number of likely N-dealkylation sites (N-methyl/N-ethyl adjacent to an activating group) is 1. The van der Waals surface area contributed by atoms with Crippen LogP contribution in [-0.2, 0) is 0 Å². The summed E-state index contributed by atoms with van der Waals surface area (Å²) in [6, 6.07) is 0. The molecule has 0 radical (unpaired) electrons. The van der Waals surface area contributed by atoms with Crippen molar-refractivity contribution in [1.82, 2.24) is 4.90 Å². The van der Waals surface area contributed by atoms with Gasteiger partial charge in [-0.3, -0.25) is 4.90 Å². The predicted molar refractivity (Wildman–Crippen MR) is 87.9 cm³/mol. The molecule has 2 heteroatoms. The van der Waals surface area contributed by atoms with E-state index in [9.17, 15) is 0 Å². The summed E-state index contributed by atoms with van der Waals surface area (Å²) in [6.45, 7) is 4.49. The SMILES string of the molecule is CCC1CCCC(CN)(N(C)CC2CCCCC2)CC1. The fraction of sp³-hybridized carbons (Fsp3) is 1.00. The summed E-state index contributed by atoms with van der Waals surface area (Å²) in [7, 11) is 2.35. The van der Waals surface area contributed by atoms with E-state index in [0.717, 1.165) is 18.4 Å². The highest BCUT2D eigenvalue weighted by Crippen LogP contribution is 2.36. The van der Waals surface area contributed by atoms with Gasteiger partial charge in [-0.2, -0.15) is 0 Å². The van der Waals surface area contributed by atoms with Crippen molar-refractivity contribution >= 4 is 0 Å². The third kappa shape index (κ3) is 3.98. The van der Waals surface area contributed by atoms with E-state index in [1.54, 1.807) is 0 Å². The van der Waals surface area contributed by atoms with E-state index in [4.69, 9.17) is 5.73 Å². The van der Waals surface area contributed by atoms with Crippen LogP contribution in [0.1, 0.15) is 77.6 Å². The van der Waals surface area contributed by atoms with Crippen molar-refractivity contribution in [3.8, 4) is 0 Å². The van der Waals surface area contributed by atoms with Crippen LogP contribution in [-0.4, -0.2) is 30.6 Å². The molecule has 0 heterocycles. The molecule has 20 heavy (non-hydrogen) atoms. The van der Waals surface area contributed by atoms with Crippen molar-refractivity contribution in [2.24, 2.45) is 17.6 Å². The Morgan fingerprint density at radius 1 is 0.950 bits per heavy atom. The minimum Gasteiger partial charge on any atom is -0.329 e. The summed E-state index contributed by atoms with van der Waals surface area (Å²) in [5.74, 6) is 1.88. The Bertz CT molecular complexity index is 273. The smallest absolute Gasteiger partial charge is 0.0328 e. The Labute approximate surface area is 126 Å². The summed E-state index contributed by atoms with van der Waals surface area (Å²) in [4.78, 5) is 2.67. The molecule has 2 fully saturated rings. The molecule has 0 saturated heterocycles. The maximum Gasteiger partial charge on any atom is 0.0328 e. The molecule has 2 unspecified atom stereocenters. The molecule has 0 aromatic carbocycles. The van der Waals surface area contributed by atoms with Crippen LogP contribution >= 0.6 is 0 Å². The van der Waals surface area contributed by atoms with E-state index in [0.29, 0.717) is 5.54 Å². The lowest BCUT2D eigenvalue weighted by atomic mass is 9.84. The first kappa shape index (κ1) is 16.3. The van der Waals surface area contributed by atoms with Crippen LogP contribution in [0, 0.1) is 11.8 Å². The number of rotatable bonds is 5. The molecule has 118 valence electrons. The number of nitrogens with two attached hydrogens (primary N) is 1. The van der Waals surface area contributed by atoms with Gasteiger partial charge in [0.25, 0.3) is 0 Å². The first-order chi connectivity index (χ1) is 9.70. The van der Waals surface area contributed by atoms with E-state index in [2.05, 4.69) is 18.9 Å². The summed E-state index contributed by atoms with van der Waals surface area (Å²) in [6.07, 6.45) is 15.5. The van der Waals surface area contributed by atoms with Crippen molar-refractivity contribution in [1.29, 1.82) is 0 Å². The molecule has 0 aliphatic heterocycles. The molecule has 0 aromatic rings. The molecular weight excluding hydrogens is 244 g/mol. The predicted octanol–water partition coefficient (Wildman–Crippen LogP) is 4.19. The van der Waals surface area contributed by atoms with Gasteiger partial charge in [0, 0.05) is 18.6 Å². The van der Waals surface area contributed by atoms with Crippen LogP contribution < -0.4 is 5.73 Å². The summed E-state index contributed by atoms with van der Waals surface area (Å²) in [5.41, 5.74) is 6.57. The second kappa shape index (κ2) is 7.79. The molecule has 2 aliphatic carbocycles. The molecule has 0 bridgehead atoms. The topological polar surface area (TPSA) is 29.3 Å². The zero-order valence-corrected chi connectivity index (χ0v) is 13.9. The first-order valence-corrected chi connectivity index (χ1v) is 9.11. The zero-order chi connectivity index (χ0) is 14.4. The Morgan fingerprint density at radius 2 is 1.65 bits per heavy atom. The molecule has 2 atom stereocenters. The van der Waals surface area contributed by atoms with Crippen molar-refractivity contribution in [2.75, 3.05) is 20.1 Å². The van der Waals surface area contributed by atoms with Gasteiger partial charge in [-0.1, -0.05) is 45.4 Å². The Hall–Kier alpha value is -0.0800. The molecule has 0 spiro atoms. The maximum absolute atomic E-state index is 6.26. The van der Waals surface area contributed by atoms with Crippen LogP contribution in [0.5, 0.6) is 0 Å². The normalized spacial score (nSPS) is 33.3. The van der Waals surface area contributed by atoms with Gasteiger partial charge in [-0.25, -0.2) is 0 Å². The molecule has 2 saturated carbocycles. The minimum absolute atomic E-state index is 0.307. The molecule has 2 N–H and O–H groups in total. The highest BCUT2D eigenvalue weighted by Gasteiger charge is 2.36. The van der Waals surface area contributed by atoms with Crippen molar-refractivity contribution in [3.05, 3.63) is 0 Å². The fourth-order valence-corrected chi connectivity index (χ4v) is 4.56. The fourth-order valence-electron chi connectivity index (χ4n) is 4.56. The van der Waals surface area contributed by atoms with Crippen LogP contribution in [0.2, 0.25) is 0 Å². The van der Waals surface area contributed by atoms with Gasteiger partial charge in [0.1, 0.15) is 0 Å². The van der Waals surface area contributed by atoms with Gasteiger partial charge < -0.3 is 5.73 Å². The molecular formula is C18H36N2. The van der Waals surface area contributed by atoms with E-state index in [1.165, 1.54) is 77.2 Å². The lowest BCUT2D eigenvalue weighted by Gasteiger charge is -2.43. The van der Waals surface area contributed by atoms with Crippen molar-refractivity contribution in [2.45, 2.75) is 83.1 Å². The van der Waals surface area contributed by atoms with Crippen LogP contribution in [0.15, 0.2) is 0 Å². The van der Waals surface area contributed by atoms with E-state index >= 15 is 0 Å². The molecule has 2 nitrogen and oxygen atoms in total. The highest BCUT2D eigenvalue weighted by molar-refractivity contribution is 4.93. The quantitative estimate of drug-likeness (QED) is 0.765. The monoisotopic (exact) mass is 280 g/mol. The van der Waals surface area contributed by atoms with Crippen molar-refractivity contribution in [3.63, 3.8) is 0 Å². The van der Waals surface area contributed by atoms with Gasteiger partial charge in [-0.05, 0) is 51.0 Å². The summed E-state index contributed by atoms with van der Waals surface area (Å²) >= 11 is 0. The molecule has 2 aliphatic rings. The van der Waals surface area contributed by atoms with Crippen LogP contribution in [0.25, 0.3) is 0 Å². The van der Waals surface area contributed by atoms with Gasteiger partial charge >= 0.3 is 0 Å². The second-order valence-electron chi connectivity index (χ2n) is 7.52. The Balaban J connectivity index is 1.93. The minimum atomic E-state index is 0.307. The van der Waals surface area contributed by atoms with E-state index in [-0.39, 0.29) is 0 Å². The average molecular weight is 280 g/mol. The molecule has 0 amide bonds. The lowest BCUT2D eigenvalue weighted by molar-refractivity contribution is 0.0798. The standard InChI is InChI=1S/C18H36N2/c1-3-16-10-7-12-18(15-19,13-11-16)20(2)14-17-8-5-4-6-9-17/h16-17H,3-15,19H2,1-2H3. The third-order valence-corrected chi connectivity index (χ3v) is 6.30.